The molecule has 1 aromatic rings. The number of carbonyl (C=O) groups excluding carboxylic acids is 1. The van der Waals surface area contributed by atoms with Crippen molar-refractivity contribution >= 4 is 21.5 Å². The first kappa shape index (κ1) is 15.8. The van der Waals surface area contributed by atoms with Crippen molar-refractivity contribution in [1.29, 1.82) is 0 Å². The fourth-order valence-electron chi connectivity index (χ4n) is 2.67. The van der Waals surface area contributed by atoms with Gasteiger partial charge in [-0.15, -0.1) is 0 Å². The molecule has 0 N–H and O–H groups in total. The number of nitrogens with zero attached hydrogens (tertiary/aromatic N) is 1. The van der Waals surface area contributed by atoms with Crippen LogP contribution in [-0.2, 0) is 19.4 Å². The van der Waals surface area contributed by atoms with Crippen LogP contribution in [0.5, 0.6) is 0 Å². The first-order valence-corrected chi connectivity index (χ1v) is 8.70. The SMILES string of the molecule is CCS(=O)(=O)c1ccc(N2CC(C)C(C(=O)OC)C2)cc1. The summed E-state index contributed by atoms with van der Waals surface area (Å²) >= 11 is 0. The van der Waals surface area contributed by atoms with E-state index in [1.54, 1.807) is 31.2 Å². The summed E-state index contributed by atoms with van der Waals surface area (Å²) in [6.45, 7) is 5.03. The Morgan fingerprint density at radius 1 is 1.29 bits per heavy atom. The van der Waals surface area contributed by atoms with Crippen LogP contribution < -0.4 is 4.90 Å². The molecule has 6 heteroatoms. The summed E-state index contributed by atoms with van der Waals surface area (Å²) in [5, 5.41) is 0. The van der Waals surface area contributed by atoms with Crippen molar-refractivity contribution in [1.82, 2.24) is 0 Å². The molecule has 0 aromatic heterocycles. The molecule has 2 unspecified atom stereocenters. The van der Waals surface area contributed by atoms with Gasteiger partial charge in [0, 0.05) is 18.8 Å². The second-order valence-electron chi connectivity index (χ2n) is 5.41. The van der Waals surface area contributed by atoms with Gasteiger partial charge in [-0.05, 0) is 30.2 Å². The van der Waals surface area contributed by atoms with Crippen LogP contribution in [0.1, 0.15) is 13.8 Å². The van der Waals surface area contributed by atoms with E-state index >= 15 is 0 Å². The summed E-state index contributed by atoms with van der Waals surface area (Å²) in [7, 11) is -1.77. The lowest BCUT2D eigenvalue weighted by atomic mass is 9.99. The highest BCUT2D eigenvalue weighted by atomic mass is 32.2. The lowest BCUT2D eigenvalue weighted by molar-refractivity contribution is -0.145. The van der Waals surface area contributed by atoms with Gasteiger partial charge < -0.3 is 9.64 Å². The minimum absolute atomic E-state index is 0.0948. The van der Waals surface area contributed by atoms with Crippen molar-refractivity contribution < 1.29 is 17.9 Å². The summed E-state index contributed by atoms with van der Waals surface area (Å²) < 4.78 is 28.4. The first-order chi connectivity index (χ1) is 9.89. The molecule has 1 heterocycles. The number of esters is 1. The van der Waals surface area contributed by atoms with Crippen molar-refractivity contribution in [2.45, 2.75) is 18.7 Å². The van der Waals surface area contributed by atoms with E-state index in [1.165, 1.54) is 7.11 Å². The number of carbonyl (C=O) groups is 1. The maximum atomic E-state index is 11.8. The average molecular weight is 311 g/mol. The summed E-state index contributed by atoms with van der Waals surface area (Å²) in [5.41, 5.74) is 0.934. The highest BCUT2D eigenvalue weighted by molar-refractivity contribution is 7.91. The maximum Gasteiger partial charge on any atom is 0.310 e. The van der Waals surface area contributed by atoms with Crippen molar-refractivity contribution in [3.63, 3.8) is 0 Å². The Balaban J connectivity index is 2.16. The van der Waals surface area contributed by atoms with Crippen molar-refractivity contribution in [2.75, 3.05) is 30.9 Å². The van der Waals surface area contributed by atoms with Crippen LogP contribution in [0.25, 0.3) is 0 Å². The van der Waals surface area contributed by atoms with Gasteiger partial charge in [-0.2, -0.15) is 0 Å². The van der Waals surface area contributed by atoms with Crippen LogP contribution in [0.15, 0.2) is 29.2 Å². The third-order valence-corrected chi connectivity index (χ3v) is 5.81. The normalized spacial score (nSPS) is 22.3. The van der Waals surface area contributed by atoms with Gasteiger partial charge >= 0.3 is 5.97 Å². The van der Waals surface area contributed by atoms with Gasteiger partial charge in [-0.3, -0.25) is 4.79 Å². The van der Waals surface area contributed by atoms with E-state index in [0.29, 0.717) is 11.4 Å². The predicted molar refractivity (Wildman–Crippen MR) is 81.1 cm³/mol. The number of sulfone groups is 1. The molecule has 0 radical (unpaired) electrons. The maximum absolute atomic E-state index is 11.8. The third-order valence-electron chi connectivity index (χ3n) is 4.06. The van der Waals surface area contributed by atoms with Crippen molar-refractivity contribution in [3.05, 3.63) is 24.3 Å². The summed E-state index contributed by atoms with van der Waals surface area (Å²) in [6, 6.07) is 6.86. The molecular formula is C15H21NO4S. The van der Waals surface area contributed by atoms with Crippen LogP contribution in [0.2, 0.25) is 0 Å². The number of rotatable bonds is 4. The highest BCUT2D eigenvalue weighted by Crippen LogP contribution is 2.29. The van der Waals surface area contributed by atoms with E-state index in [4.69, 9.17) is 4.74 Å². The Labute approximate surface area is 125 Å². The van der Waals surface area contributed by atoms with Gasteiger partial charge in [0.05, 0.1) is 23.7 Å². The molecule has 0 bridgehead atoms. The minimum atomic E-state index is -3.17. The number of ether oxygens (including phenoxy) is 1. The number of anilines is 1. The zero-order valence-electron chi connectivity index (χ0n) is 12.6. The fourth-order valence-corrected chi connectivity index (χ4v) is 3.55. The molecule has 1 aliphatic heterocycles. The lowest BCUT2D eigenvalue weighted by Gasteiger charge is -2.18. The van der Waals surface area contributed by atoms with E-state index in [0.717, 1.165) is 12.2 Å². The fraction of sp³-hybridized carbons (Fsp3) is 0.533. The van der Waals surface area contributed by atoms with E-state index in [-0.39, 0.29) is 23.6 Å². The molecule has 5 nitrogen and oxygen atoms in total. The van der Waals surface area contributed by atoms with Crippen LogP contribution in [0.3, 0.4) is 0 Å². The molecule has 0 spiro atoms. The Bertz CT molecular complexity index is 609. The third kappa shape index (κ3) is 3.20. The van der Waals surface area contributed by atoms with Gasteiger partial charge in [-0.25, -0.2) is 8.42 Å². The number of benzene rings is 1. The standard InChI is InChI=1S/C15H21NO4S/c1-4-21(18,19)13-7-5-12(6-8-13)16-9-11(2)14(10-16)15(17)20-3/h5-8,11,14H,4,9-10H2,1-3H3. The van der Waals surface area contributed by atoms with Crippen LogP contribution >= 0.6 is 0 Å². The zero-order chi connectivity index (χ0) is 15.6. The molecule has 0 aliphatic carbocycles. The number of hydrogen-bond donors (Lipinski definition) is 0. The van der Waals surface area contributed by atoms with Gasteiger partial charge in [0.1, 0.15) is 0 Å². The zero-order valence-corrected chi connectivity index (χ0v) is 13.4. The van der Waals surface area contributed by atoms with E-state index in [9.17, 15) is 13.2 Å². The highest BCUT2D eigenvalue weighted by Gasteiger charge is 2.35. The largest absolute Gasteiger partial charge is 0.469 e. The molecular weight excluding hydrogens is 290 g/mol. The predicted octanol–water partition coefficient (Wildman–Crippen LogP) is 1.73. The smallest absolute Gasteiger partial charge is 0.310 e. The first-order valence-electron chi connectivity index (χ1n) is 7.04. The monoisotopic (exact) mass is 311 g/mol. The molecule has 116 valence electrons. The molecule has 0 saturated carbocycles. The van der Waals surface area contributed by atoms with Crippen LogP contribution in [-0.4, -0.2) is 40.3 Å². The number of hydrogen-bond acceptors (Lipinski definition) is 5. The van der Waals surface area contributed by atoms with E-state index in [2.05, 4.69) is 4.90 Å². The molecule has 1 fully saturated rings. The Morgan fingerprint density at radius 2 is 1.90 bits per heavy atom. The Kier molecular flexibility index (Phi) is 4.56. The van der Waals surface area contributed by atoms with Crippen LogP contribution in [0.4, 0.5) is 5.69 Å². The summed E-state index contributed by atoms with van der Waals surface area (Å²) in [4.78, 5) is 14.1. The molecule has 21 heavy (non-hydrogen) atoms. The van der Waals surface area contributed by atoms with Gasteiger partial charge in [0.2, 0.25) is 0 Å². The van der Waals surface area contributed by atoms with Gasteiger partial charge in [0.15, 0.2) is 9.84 Å². The molecule has 1 aromatic carbocycles. The molecule has 2 atom stereocenters. The molecule has 0 amide bonds. The van der Waals surface area contributed by atoms with Crippen molar-refractivity contribution in [3.8, 4) is 0 Å². The second kappa shape index (κ2) is 6.05. The van der Waals surface area contributed by atoms with Gasteiger partial charge in [-0.1, -0.05) is 13.8 Å². The average Bonchev–Trinajstić information content (AvgIpc) is 2.88. The quantitative estimate of drug-likeness (QED) is 0.792. The summed E-state index contributed by atoms with van der Waals surface area (Å²) in [5.74, 6) is -0.00179. The van der Waals surface area contributed by atoms with E-state index in [1.807, 2.05) is 6.92 Å². The minimum Gasteiger partial charge on any atom is -0.469 e. The molecule has 1 saturated heterocycles. The Morgan fingerprint density at radius 3 is 2.43 bits per heavy atom. The molecule has 2 rings (SSSR count). The Hall–Kier alpha value is -1.56. The molecule has 1 aliphatic rings. The van der Waals surface area contributed by atoms with Crippen LogP contribution in [0, 0.1) is 11.8 Å². The van der Waals surface area contributed by atoms with Crippen molar-refractivity contribution in [2.24, 2.45) is 11.8 Å². The summed E-state index contributed by atoms with van der Waals surface area (Å²) in [6.07, 6.45) is 0. The number of methoxy groups -OCH3 is 1. The van der Waals surface area contributed by atoms with E-state index < -0.39 is 9.84 Å². The van der Waals surface area contributed by atoms with Gasteiger partial charge in [0.25, 0.3) is 0 Å². The lowest BCUT2D eigenvalue weighted by Crippen LogP contribution is -2.24. The topological polar surface area (TPSA) is 63.7 Å². The second-order valence-corrected chi connectivity index (χ2v) is 7.69.